The minimum absolute atomic E-state index is 0.221. The summed E-state index contributed by atoms with van der Waals surface area (Å²) in [5.74, 6) is -0.992. The van der Waals surface area contributed by atoms with Gasteiger partial charge in [-0.25, -0.2) is 9.48 Å². The van der Waals surface area contributed by atoms with Crippen molar-refractivity contribution >= 4 is 29.2 Å². The van der Waals surface area contributed by atoms with Gasteiger partial charge in [-0.2, -0.15) is 5.10 Å². The number of rotatable bonds is 5. The first-order chi connectivity index (χ1) is 12.0. The second kappa shape index (κ2) is 7.30. The Morgan fingerprint density at radius 1 is 1.04 bits per heavy atom. The molecule has 1 aromatic heterocycles. The van der Waals surface area contributed by atoms with Crippen LogP contribution in [0, 0.1) is 0 Å². The van der Waals surface area contributed by atoms with Gasteiger partial charge < -0.3 is 5.11 Å². The van der Waals surface area contributed by atoms with Gasteiger partial charge in [0.25, 0.3) is 0 Å². The molecular formula is C19H16Cl2N2O2. The minimum atomic E-state index is -0.992. The summed E-state index contributed by atoms with van der Waals surface area (Å²) in [6.45, 7) is 2.01. The van der Waals surface area contributed by atoms with Crippen LogP contribution in [0.4, 0.5) is 0 Å². The molecule has 4 nitrogen and oxygen atoms in total. The van der Waals surface area contributed by atoms with Crippen LogP contribution in [-0.2, 0) is 6.42 Å². The van der Waals surface area contributed by atoms with Gasteiger partial charge in [0, 0.05) is 15.6 Å². The molecule has 128 valence electrons. The van der Waals surface area contributed by atoms with E-state index in [0.717, 1.165) is 12.1 Å². The summed E-state index contributed by atoms with van der Waals surface area (Å²) >= 11 is 11.9. The molecular weight excluding hydrogens is 359 g/mol. The lowest BCUT2D eigenvalue weighted by molar-refractivity contribution is 0.0696. The van der Waals surface area contributed by atoms with E-state index in [9.17, 15) is 9.90 Å². The molecule has 0 fully saturated rings. The molecule has 0 amide bonds. The molecule has 0 spiro atoms. The lowest BCUT2D eigenvalue weighted by atomic mass is 10.0. The van der Waals surface area contributed by atoms with Crippen LogP contribution >= 0.6 is 23.2 Å². The Morgan fingerprint density at radius 2 is 1.60 bits per heavy atom. The monoisotopic (exact) mass is 374 g/mol. The number of hydrogen-bond acceptors (Lipinski definition) is 2. The summed E-state index contributed by atoms with van der Waals surface area (Å²) in [6.07, 6.45) is 1.41. The Balaban J connectivity index is 2.24. The average Bonchev–Trinajstić information content (AvgIpc) is 2.96. The first kappa shape index (κ1) is 17.5. The van der Waals surface area contributed by atoms with E-state index in [-0.39, 0.29) is 5.56 Å². The zero-order chi connectivity index (χ0) is 18.0. The van der Waals surface area contributed by atoms with Gasteiger partial charge in [-0.05, 0) is 42.8 Å². The fraction of sp³-hybridized carbons (Fsp3) is 0.158. The summed E-state index contributed by atoms with van der Waals surface area (Å²) < 4.78 is 1.69. The minimum Gasteiger partial charge on any atom is -0.478 e. The molecule has 0 bridgehead atoms. The van der Waals surface area contributed by atoms with Crippen molar-refractivity contribution < 1.29 is 9.90 Å². The second-order valence-electron chi connectivity index (χ2n) is 5.62. The van der Waals surface area contributed by atoms with Gasteiger partial charge in [0.05, 0.1) is 11.4 Å². The Labute approximate surface area is 155 Å². The lowest BCUT2D eigenvalue weighted by Crippen LogP contribution is -2.06. The maximum atomic E-state index is 12.0. The van der Waals surface area contributed by atoms with Crippen LogP contribution in [0.2, 0.25) is 10.0 Å². The topological polar surface area (TPSA) is 55.1 Å². The highest BCUT2D eigenvalue weighted by molar-refractivity contribution is 6.30. The quantitative estimate of drug-likeness (QED) is 0.641. The number of aromatic nitrogens is 2. The predicted octanol–water partition coefficient (Wildman–Crippen LogP) is 5.50. The molecule has 2 aromatic carbocycles. The van der Waals surface area contributed by atoms with Gasteiger partial charge in [0.15, 0.2) is 0 Å². The molecule has 1 heterocycles. The fourth-order valence-electron chi connectivity index (χ4n) is 2.75. The summed E-state index contributed by atoms with van der Waals surface area (Å²) in [6, 6.07) is 14.2. The maximum Gasteiger partial charge on any atom is 0.339 e. The van der Waals surface area contributed by atoms with Crippen molar-refractivity contribution in [3.8, 4) is 16.9 Å². The third-order valence-corrected chi connectivity index (χ3v) is 4.37. The van der Waals surface area contributed by atoms with E-state index in [1.807, 2.05) is 19.1 Å². The number of hydrogen-bond donors (Lipinski definition) is 1. The molecule has 25 heavy (non-hydrogen) atoms. The number of carboxylic acids is 1. The van der Waals surface area contributed by atoms with Gasteiger partial charge in [0.1, 0.15) is 11.3 Å². The smallest absolute Gasteiger partial charge is 0.339 e. The first-order valence-electron chi connectivity index (χ1n) is 7.88. The number of carboxylic acid groups (broad SMARTS) is 1. The SMILES string of the molecule is CCCc1c(C(=O)O)c(-c2ccc(Cl)cc2)nn1-c1ccc(Cl)cc1. The van der Waals surface area contributed by atoms with Gasteiger partial charge in [-0.3, -0.25) is 0 Å². The van der Waals surface area contributed by atoms with Crippen molar-refractivity contribution in [1.82, 2.24) is 9.78 Å². The van der Waals surface area contributed by atoms with E-state index in [4.69, 9.17) is 23.2 Å². The number of nitrogens with zero attached hydrogens (tertiary/aromatic N) is 2. The zero-order valence-corrected chi connectivity index (χ0v) is 15.1. The molecule has 0 aliphatic rings. The van der Waals surface area contributed by atoms with Crippen LogP contribution in [0.25, 0.3) is 16.9 Å². The van der Waals surface area contributed by atoms with Crippen LogP contribution in [0.1, 0.15) is 29.4 Å². The van der Waals surface area contributed by atoms with E-state index in [2.05, 4.69) is 5.10 Å². The molecule has 3 aromatic rings. The van der Waals surface area contributed by atoms with Crippen molar-refractivity contribution in [3.05, 3.63) is 69.8 Å². The second-order valence-corrected chi connectivity index (χ2v) is 6.49. The summed E-state index contributed by atoms with van der Waals surface area (Å²) in [7, 11) is 0. The van der Waals surface area contributed by atoms with Crippen molar-refractivity contribution in [3.63, 3.8) is 0 Å². The van der Waals surface area contributed by atoms with E-state index >= 15 is 0 Å². The van der Waals surface area contributed by atoms with E-state index in [1.165, 1.54) is 0 Å². The van der Waals surface area contributed by atoms with Gasteiger partial charge >= 0.3 is 5.97 Å². The molecule has 3 rings (SSSR count). The molecule has 0 aliphatic carbocycles. The molecule has 0 radical (unpaired) electrons. The van der Waals surface area contributed by atoms with Gasteiger partial charge in [-0.1, -0.05) is 48.7 Å². The largest absolute Gasteiger partial charge is 0.478 e. The first-order valence-corrected chi connectivity index (χ1v) is 8.64. The summed E-state index contributed by atoms with van der Waals surface area (Å²) in [5, 5.41) is 15.6. The predicted molar refractivity (Wildman–Crippen MR) is 100.0 cm³/mol. The standard InChI is InChI=1S/C19H16Cl2N2O2/c1-2-3-16-17(19(24)25)18(12-4-6-13(20)7-5-12)22-23(16)15-10-8-14(21)9-11-15/h4-11H,2-3H2,1H3,(H,24,25). The van der Waals surface area contributed by atoms with Crippen LogP contribution in [-0.4, -0.2) is 20.9 Å². The molecule has 0 saturated carbocycles. The van der Waals surface area contributed by atoms with Crippen molar-refractivity contribution in [1.29, 1.82) is 0 Å². The fourth-order valence-corrected chi connectivity index (χ4v) is 3.00. The molecule has 0 atom stereocenters. The molecule has 1 N–H and O–H groups in total. The normalized spacial score (nSPS) is 10.8. The van der Waals surface area contributed by atoms with Crippen molar-refractivity contribution in [2.45, 2.75) is 19.8 Å². The van der Waals surface area contributed by atoms with E-state index in [0.29, 0.717) is 33.4 Å². The maximum absolute atomic E-state index is 12.0. The molecule has 0 saturated heterocycles. The molecule has 0 aliphatic heterocycles. The molecule has 0 unspecified atom stereocenters. The number of halogens is 2. The van der Waals surface area contributed by atoms with Crippen molar-refractivity contribution in [2.24, 2.45) is 0 Å². The number of carbonyl (C=O) groups is 1. The summed E-state index contributed by atoms with van der Waals surface area (Å²) in [4.78, 5) is 12.0. The highest BCUT2D eigenvalue weighted by atomic mass is 35.5. The Hall–Kier alpha value is -2.30. The Kier molecular flexibility index (Phi) is 5.11. The van der Waals surface area contributed by atoms with E-state index < -0.39 is 5.97 Å². The third kappa shape index (κ3) is 3.55. The number of aromatic carboxylic acids is 1. The number of benzene rings is 2. The zero-order valence-electron chi connectivity index (χ0n) is 13.5. The van der Waals surface area contributed by atoms with Crippen LogP contribution in [0.15, 0.2) is 48.5 Å². The third-order valence-electron chi connectivity index (χ3n) is 3.87. The van der Waals surface area contributed by atoms with E-state index in [1.54, 1.807) is 41.1 Å². The van der Waals surface area contributed by atoms with Crippen LogP contribution in [0.3, 0.4) is 0 Å². The van der Waals surface area contributed by atoms with Crippen molar-refractivity contribution in [2.75, 3.05) is 0 Å². The summed E-state index contributed by atoms with van der Waals surface area (Å²) in [5.41, 5.74) is 2.81. The Bertz CT molecular complexity index is 900. The lowest BCUT2D eigenvalue weighted by Gasteiger charge is -2.07. The van der Waals surface area contributed by atoms with Gasteiger partial charge in [-0.15, -0.1) is 0 Å². The van der Waals surface area contributed by atoms with Crippen LogP contribution in [0.5, 0.6) is 0 Å². The van der Waals surface area contributed by atoms with Crippen LogP contribution < -0.4 is 0 Å². The Morgan fingerprint density at radius 3 is 2.12 bits per heavy atom. The average molecular weight is 375 g/mol. The highest BCUT2D eigenvalue weighted by Gasteiger charge is 2.24. The molecule has 6 heteroatoms. The highest BCUT2D eigenvalue weighted by Crippen LogP contribution is 2.30. The van der Waals surface area contributed by atoms with Gasteiger partial charge in [0.2, 0.25) is 0 Å².